The van der Waals surface area contributed by atoms with Crippen molar-refractivity contribution in [3.05, 3.63) is 47.2 Å². The SMILES string of the molecule is CCOC(=O)c1ccc(CN/C=C(/C#N)C(=O)NC(C(=O)O)C(C)C)cc1. The quantitative estimate of drug-likeness (QED) is 0.340. The van der Waals surface area contributed by atoms with E-state index >= 15 is 0 Å². The highest BCUT2D eigenvalue weighted by Crippen LogP contribution is 2.07. The van der Waals surface area contributed by atoms with Crippen LogP contribution < -0.4 is 10.6 Å². The van der Waals surface area contributed by atoms with E-state index in [1.165, 1.54) is 6.20 Å². The fraction of sp³-hybridized carbons (Fsp3) is 0.368. The van der Waals surface area contributed by atoms with Crippen LogP contribution in [0.2, 0.25) is 0 Å². The maximum atomic E-state index is 12.1. The third-order valence-corrected chi connectivity index (χ3v) is 3.60. The van der Waals surface area contributed by atoms with Crippen molar-refractivity contribution in [1.29, 1.82) is 5.26 Å². The van der Waals surface area contributed by atoms with Crippen LogP contribution in [0, 0.1) is 17.2 Å². The lowest BCUT2D eigenvalue weighted by atomic mass is 10.0. The molecule has 144 valence electrons. The van der Waals surface area contributed by atoms with Gasteiger partial charge in [0.2, 0.25) is 0 Å². The van der Waals surface area contributed by atoms with E-state index in [2.05, 4.69) is 10.6 Å². The van der Waals surface area contributed by atoms with Gasteiger partial charge in [-0.3, -0.25) is 4.79 Å². The van der Waals surface area contributed by atoms with Gasteiger partial charge in [-0.1, -0.05) is 26.0 Å². The van der Waals surface area contributed by atoms with E-state index in [-0.39, 0.29) is 11.5 Å². The Bertz CT molecular complexity index is 748. The second-order valence-corrected chi connectivity index (χ2v) is 6.00. The molecule has 0 aliphatic heterocycles. The minimum Gasteiger partial charge on any atom is -0.480 e. The summed E-state index contributed by atoms with van der Waals surface area (Å²) in [5.41, 5.74) is 1.02. The molecular weight excluding hydrogens is 350 g/mol. The fourth-order valence-corrected chi connectivity index (χ4v) is 2.13. The highest BCUT2D eigenvalue weighted by molar-refractivity contribution is 5.99. The van der Waals surface area contributed by atoms with Crippen LogP contribution in [-0.2, 0) is 20.9 Å². The van der Waals surface area contributed by atoms with Gasteiger partial charge in [0, 0.05) is 12.7 Å². The van der Waals surface area contributed by atoms with E-state index in [1.807, 2.05) is 0 Å². The number of nitrogens with zero attached hydrogens (tertiary/aromatic N) is 1. The number of rotatable bonds is 9. The Morgan fingerprint density at radius 1 is 1.26 bits per heavy atom. The molecule has 1 unspecified atom stereocenters. The van der Waals surface area contributed by atoms with Crippen molar-refractivity contribution in [2.75, 3.05) is 6.61 Å². The Hall–Kier alpha value is -3.34. The van der Waals surface area contributed by atoms with Gasteiger partial charge >= 0.3 is 11.9 Å². The summed E-state index contributed by atoms with van der Waals surface area (Å²) in [6.07, 6.45) is 1.23. The van der Waals surface area contributed by atoms with Crippen molar-refractivity contribution in [2.24, 2.45) is 5.92 Å². The van der Waals surface area contributed by atoms with Crippen molar-refractivity contribution >= 4 is 17.8 Å². The van der Waals surface area contributed by atoms with E-state index in [9.17, 15) is 14.4 Å². The Morgan fingerprint density at radius 3 is 2.37 bits per heavy atom. The summed E-state index contributed by atoms with van der Waals surface area (Å²) < 4.78 is 4.90. The van der Waals surface area contributed by atoms with Crippen LogP contribution >= 0.6 is 0 Å². The van der Waals surface area contributed by atoms with E-state index in [4.69, 9.17) is 15.1 Å². The number of ether oxygens (including phenoxy) is 1. The number of amides is 1. The van der Waals surface area contributed by atoms with Crippen LogP contribution in [0.4, 0.5) is 0 Å². The summed E-state index contributed by atoms with van der Waals surface area (Å²) in [6, 6.07) is 7.35. The van der Waals surface area contributed by atoms with Crippen LogP contribution in [0.1, 0.15) is 36.7 Å². The van der Waals surface area contributed by atoms with E-state index in [0.717, 1.165) is 5.56 Å². The molecule has 1 aromatic carbocycles. The zero-order valence-corrected chi connectivity index (χ0v) is 15.5. The number of nitrogens with one attached hydrogen (secondary N) is 2. The van der Waals surface area contributed by atoms with Crippen LogP contribution in [0.25, 0.3) is 0 Å². The minimum atomic E-state index is -1.16. The highest BCUT2D eigenvalue weighted by atomic mass is 16.5. The number of aliphatic carboxylic acids is 1. The number of carboxylic acid groups (broad SMARTS) is 1. The number of carboxylic acids is 1. The molecule has 0 heterocycles. The lowest BCUT2D eigenvalue weighted by Gasteiger charge is -2.17. The Balaban J connectivity index is 2.68. The average molecular weight is 373 g/mol. The van der Waals surface area contributed by atoms with Gasteiger partial charge in [-0.2, -0.15) is 5.26 Å². The topological polar surface area (TPSA) is 129 Å². The average Bonchev–Trinajstić information content (AvgIpc) is 2.63. The molecule has 0 bridgehead atoms. The molecule has 0 radical (unpaired) electrons. The molecule has 0 spiro atoms. The van der Waals surface area contributed by atoms with E-state index in [0.29, 0.717) is 18.7 Å². The molecule has 0 saturated carbocycles. The number of esters is 1. The molecule has 8 nitrogen and oxygen atoms in total. The zero-order chi connectivity index (χ0) is 20.4. The molecule has 0 aliphatic carbocycles. The van der Waals surface area contributed by atoms with Crippen molar-refractivity contribution < 1.29 is 24.2 Å². The molecule has 0 saturated heterocycles. The van der Waals surface area contributed by atoms with Gasteiger partial charge in [0.25, 0.3) is 5.91 Å². The predicted molar refractivity (Wildman–Crippen MR) is 97.3 cm³/mol. The van der Waals surface area contributed by atoms with Crippen molar-refractivity contribution in [3.63, 3.8) is 0 Å². The maximum absolute atomic E-state index is 12.1. The van der Waals surface area contributed by atoms with Gasteiger partial charge < -0.3 is 20.5 Å². The third-order valence-electron chi connectivity index (χ3n) is 3.60. The predicted octanol–water partition coefficient (Wildman–Crippen LogP) is 1.59. The number of hydrogen-bond donors (Lipinski definition) is 3. The molecule has 3 N–H and O–H groups in total. The summed E-state index contributed by atoms with van der Waals surface area (Å²) in [4.78, 5) is 34.8. The smallest absolute Gasteiger partial charge is 0.338 e. The van der Waals surface area contributed by atoms with Crippen molar-refractivity contribution in [3.8, 4) is 6.07 Å². The number of carbonyl (C=O) groups is 3. The number of nitriles is 1. The number of hydrogen-bond acceptors (Lipinski definition) is 6. The second kappa shape index (κ2) is 10.6. The van der Waals surface area contributed by atoms with Gasteiger partial charge in [0.15, 0.2) is 0 Å². The molecular formula is C19H23N3O5. The Labute approximate surface area is 157 Å². The summed E-state index contributed by atoms with van der Waals surface area (Å²) >= 11 is 0. The lowest BCUT2D eigenvalue weighted by Crippen LogP contribution is -2.44. The van der Waals surface area contributed by atoms with Crippen LogP contribution in [-0.4, -0.2) is 35.6 Å². The van der Waals surface area contributed by atoms with Crippen LogP contribution in [0.3, 0.4) is 0 Å². The monoisotopic (exact) mass is 373 g/mol. The largest absolute Gasteiger partial charge is 0.480 e. The highest BCUT2D eigenvalue weighted by Gasteiger charge is 2.24. The molecule has 1 amide bonds. The zero-order valence-electron chi connectivity index (χ0n) is 15.5. The summed E-state index contributed by atoms with van der Waals surface area (Å²) in [6.45, 7) is 5.66. The molecule has 1 rings (SSSR count). The van der Waals surface area contributed by atoms with E-state index < -0.39 is 23.9 Å². The number of benzene rings is 1. The summed E-state index contributed by atoms with van der Waals surface area (Å²) in [5, 5.41) is 23.4. The minimum absolute atomic E-state index is 0.231. The molecule has 0 aromatic heterocycles. The van der Waals surface area contributed by atoms with Crippen LogP contribution in [0.5, 0.6) is 0 Å². The maximum Gasteiger partial charge on any atom is 0.338 e. The molecule has 1 atom stereocenters. The molecule has 8 heteroatoms. The fourth-order valence-electron chi connectivity index (χ4n) is 2.13. The Kier molecular flexibility index (Phi) is 8.53. The van der Waals surface area contributed by atoms with Gasteiger partial charge in [-0.05, 0) is 30.5 Å². The van der Waals surface area contributed by atoms with E-state index in [1.54, 1.807) is 51.1 Å². The number of carbonyl (C=O) groups excluding carboxylic acids is 2. The third kappa shape index (κ3) is 6.82. The first kappa shape index (κ1) is 21.7. The summed E-state index contributed by atoms with van der Waals surface area (Å²) in [5.74, 6) is -2.65. The first-order valence-corrected chi connectivity index (χ1v) is 8.43. The first-order valence-electron chi connectivity index (χ1n) is 8.43. The van der Waals surface area contributed by atoms with Crippen molar-refractivity contribution in [1.82, 2.24) is 10.6 Å². The van der Waals surface area contributed by atoms with Crippen molar-refractivity contribution in [2.45, 2.75) is 33.4 Å². The van der Waals surface area contributed by atoms with Gasteiger partial charge in [-0.15, -0.1) is 0 Å². The normalized spacial score (nSPS) is 12.0. The second-order valence-electron chi connectivity index (χ2n) is 6.00. The van der Waals surface area contributed by atoms with Gasteiger partial charge in [-0.25, -0.2) is 9.59 Å². The Morgan fingerprint density at radius 2 is 1.89 bits per heavy atom. The molecule has 0 aliphatic rings. The van der Waals surface area contributed by atoms with Crippen LogP contribution in [0.15, 0.2) is 36.0 Å². The molecule has 1 aromatic rings. The summed E-state index contributed by atoms with van der Waals surface area (Å²) in [7, 11) is 0. The standard InChI is InChI=1S/C19H23N3O5/c1-4-27-19(26)14-7-5-13(6-8-14)10-21-11-15(9-20)17(23)22-16(12(2)3)18(24)25/h5-8,11-12,16,21H,4,10H2,1-3H3,(H,22,23)(H,24,25)/b15-11-. The van der Waals surface area contributed by atoms with Gasteiger partial charge in [0.1, 0.15) is 17.7 Å². The van der Waals surface area contributed by atoms with Gasteiger partial charge in [0.05, 0.1) is 12.2 Å². The first-order chi connectivity index (χ1) is 12.8. The lowest BCUT2D eigenvalue weighted by molar-refractivity contribution is -0.142. The molecule has 27 heavy (non-hydrogen) atoms. The molecule has 0 fully saturated rings.